The first-order valence-corrected chi connectivity index (χ1v) is 2.98. The van der Waals surface area contributed by atoms with E-state index in [1.54, 1.807) is 0 Å². The van der Waals surface area contributed by atoms with Gasteiger partial charge in [0.15, 0.2) is 6.10 Å². The molecule has 0 rings (SSSR count). The molecule has 2 unspecified atom stereocenters. The summed E-state index contributed by atoms with van der Waals surface area (Å²) in [6.07, 6.45) is -1.19. The van der Waals surface area contributed by atoms with Crippen molar-refractivity contribution < 1.29 is 57.6 Å². The van der Waals surface area contributed by atoms with E-state index in [1.165, 1.54) is 13.8 Å². The molecule has 7 nitrogen and oxygen atoms in total. The molecule has 0 aliphatic heterocycles. The minimum Gasteiger partial charge on any atom is -0.479 e. The summed E-state index contributed by atoms with van der Waals surface area (Å²) in [4.78, 5) is 15.5. The van der Waals surface area contributed by atoms with Crippen molar-refractivity contribution >= 4 is 12.3 Å². The number of aldehydes is 1. The Balaban J connectivity index is -0.0000000321. The summed E-state index contributed by atoms with van der Waals surface area (Å²) in [7, 11) is 0. The predicted octanol–water partition coefficient (Wildman–Crippen LogP) is -4.02. The first kappa shape index (κ1) is 29.2. The second-order valence-electron chi connectivity index (χ2n) is 1.90. The first-order valence-electron chi connectivity index (χ1n) is 2.98. The fourth-order valence-electron chi connectivity index (χ4n) is 0. The smallest absolute Gasteiger partial charge is 0.332 e. The van der Waals surface area contributed by atoms with Gasteiger partial charge in [-0.15, -0.1) is 0 Å². The van der Waals surface area contributed by atoms with Gasteiger partial charge in [0.2, 0.25) is 0 Å². The van der Waals surface area contributed by atoms with Gasteiger partial charge in [0.05, 0.1) is 0 Å². The predicted molar refractivity (Wildman–Crippen MR) is 45.5 cm³/mol. The summed E-state index contributed by atoms with van der Waals surface area (Å²) in [6.45, 7) is 2.67. The summed E-state index contributed by atoms with van der Waals surface area (Å²) in [5, 5.41) is 25.5. The van der Waals surface area contributed by atoms with Crippen LogP contribution < -0.4 is 5.11 Å². The molecule has 8 N–H and O–H groups in total. The molecule has 0 aromatic carbocycles. The van der Waals surface area contributed by atoms with Crippen LogP contribution in [0.5, 0.6) is 0 Å². The quantitative estimate of drug-likeness (QED) is 0.289. The maximum atomic E-state index is 9.45. The Morgan fingerprint density at radius 3 is 1.43 bits per heavy atom. The Morgan fingerprint density at radius 2 is 1.43 bits per heavy atom. The number of carboxylic acid groups (broad SMARTS) is 1. The van der Waals surface area contributed by atoms with E-state index in [4.69, 9.17) is 19.8 Å². The number of aliphatic hydroxyl groups excluding tert-OH is 2. The maximum absolute atomic E-state index is 9.45. The Hall–Kier alpha value is -0.306. The average molecular weight is 249 g/mol. The summed E-state index contributed by atoms with van der Waals surface area (Å²) >= 11 is 0. The number of aliphatic carboxylic acids is 1. The van der Waals surface area contributed by atoms with Crippen molar-refractivity contribution in [2.24, 2.45) is 0 Å². The number of carbonyl (C=O) groups excluding carboxylic acids is 2. The van der Waals surface area contributed by atoms with Gasteiger partial charge < -0.3 is 26.0 Å². The van der Waals surface area contributed by atoms with E-state index in [9.17, 15) is 5.11 Å². The average Bonchev–Trinajstić information content (AvgIpc) is 1.89. The number of rotatable bonds is 2. The molecule has 0 aromatic rings. The molecule has 0 radical (unpaired) electrons. The molecule has 14 heavy (non-hydrogen) atoms. The van der Waals surface area contributed by atoms with Gasteiger partial charge in [0.25, 0.3) is 0 Å². The second kappa shape index (κ2) is 18.5. The number of hydrogen-bond donors (Lipinski definition) is 2. The Kier molecular flexibility index (Phi) is 38.5. The SMILES string of the molecule is CC(O)C([O-])=[OH+].CC(O)C=[OH+].O.O.[Ti]. The third kappa shape index (κ3) is 41.2. The molecule has 0 aromatic heterocycles. The van der Waals surface area contributed by atoms with E-state index in [0.717, 1.165) is 6.29 Å². The van der Waals surface area contributed by atoms with Crippen LogP contribution in [-0.4, -0.2) is 55.2 Å². The van der Waals surface area contributed by atoms with Gasteiger partial charge in [-0.25, -0.2) is 5.11 Å². The topological polar surface area (TPSA) is 169 Å². The van der Waals surface area contributed by atoms with Crippen LogP contribution in [-0.2, 0) is 21.7 Å². The Bertz CT molecular complexity index is 125. The zero-order chi connectivity index (χ0) is 9.44. The monoisotopic (exact) mass is 249 g/mol. The van der Waals surface area contributed by atoms with E-state index < -0.39 is 18.2 Å². The van der Waals surface area contributed by atoms with E-state index in [0.29, 0.717) is 0 Å². The zero-order valence-electron chi connectivity index (χ0n) is 7.93. The van der Waals surface area contributed by atoms with Gasteiger partial charge >= 0.3 is 12.3 Å². The number of carboxylic acids is 1. The number of aliphatic hydroxyl groups is 2. The third-order valence-corrected chi connectivity index (χ3v) is 0.573. The molecule has 0 bridgehead atoms. The summed E-state index contributed by atoms with van der Waals surface area (Å²) in [6, 6.07) is 0. The van der Waals surface area contributed by atoms with Gasteiger partial charge in [-0.2, -0.15) is 0 Å². The van der Waals surface area contributed by atoms with Gasteiger partial charge in [-0.05, 0) is 13.8 Å². The van der Waals surface area contributed by atoms with Crippen molar-refractivity contribution in [2.75, 3.05) is 0 Å². The molecule has 0 heterocycles. The van der Waals surface area contributed by atoms with E-state index >= 15 is 0 Å². The van der Waals surface area contributed by atoms with Crippen LogP contribution in [0.2, 0.25) is 0 Å². The van der Waals surface area contributed by atoms with Gasteiger partial charge in [0, 0.05) is 21.7 Å². The zero-order valence-corrected chi connectivity index (χ0v) is 9.49. The van der Waals surface area contributed by atoms with Crippen LogP contribution in [0.15, 0.2) is 0 Å². The van der Waals surface area contributed by atoms with Crippen molar-refractivity contribution in [3.63, 3.8) is 0 Å². The van der Waals surface area contributed by atoms with Gasteiger partial charge in [-0.1, -0.05) is 0 Å². The molecule has 8 heteroatoms. The molecule has 0 spiro atoms. The Morgan fingerprint density at radius 1 is 1.29 bits per heavy atom. The molecule has 86 valence electrons. The minimum absolute atomic E-state index is 0. The maximum Gasteiger partial charge on any atom is 0.332 e. The largest absolute Gasteiger partial charge is 0.479 e. The Labute approximate surface area is 96.2 Å². The fourth-order valence-corrected chi connectivity index (χ4v) is 0. The molecule has 2 atom stereocenters. The van der Waals surface area contributed by atoms with E-state index in [1.807, 2.05) is 0 Å². The molecule has 0 aliphatic rings. The molecular formula is C6H17O7Ti+. The van der Waals surface area contributed by atoms with Crippen molar-refractivity contribution in [1.29, 1.82) is 0 Å². The van der Waals surface area contributed by atoms with Crippen LogP contribution in [0, 0.1) is 0 Å². The van der Waals surface area contributed by atoms with Crippen LogP contribution in [0.3, 0.4) is 0 Å². The van der Waals surface area contributed by atoms with Crippen LogP contribution in [0.25, 0.3) is 0 Å². The first-order chi connectivity index (χ1) is 4.91. The molecule has 0 fully saturated rings. The molecule has 0 saturated carbocycles. The molecule has 0 saturated heterocycles. The molecule has 0 aliphatic carbocycles. The molecular weight excluding hydrogens is 232 g/mol. The van der Waals surface area contributed by atoms with Crippen LogP contribution >= 0.6 is 0 Å². The number of hydrogen-bond acceptors (Lipinski definition) is 3. The van der Waals surface area contributed by atoms with Crippen molar-refractivity contribution in [1.82, 2.24) is 0 Å². The van der Waals surface area contributed by atoms with E-state index in [-0.39, 0.29) is 32.7 Å². The van der Waals surface area contributed by atoms with E-state index in [2.05, 4.69) is 0 Å². The van der Waals surface area contributed by atoms with Crippen molar-refractivity contribution in [3.8, 4) is 0 Å². The fraction of sp³-hybridized carbons (Fsp3) is 0.667. The summed E-state index contributed by atoms with van der Waals surface area (Å²) in [5.41, 5.74) is 0. The van der Waals surface area contributed by atoms with Crippen LogP contribution in [0.1, 0.15) is 13.8 Å². The third-order valence-electron chi connectivity index (χ3n) is 0.573. The second-order valence-corrected chi connectivity index (χ2v) is 1.90. The summed E-state index contributed by atoms with van der Waals surface area (Å²) < 4.78 is 0. The van der Waals surface area contributed by atoms with Crippen molar-refractivity contribution in [2.45, 2.75) is 26.1 Å². The molecule has 0 amide bonds. The van der Waals surface area contributed by atoms with Crippen LogP contribution in [0.4, 0.5) is 0 Å². The van der Waals surface area contributed by atoms with Crippen molar-refractivity contribution in [3.05, 3.63) is 0 Å². The standard InChI is InChI=1S/C3H6O3.C3H6O2.2H2O.Ti/c1-2(4)3(5)6;1-3(5)2-4;;;/h2,4H,1H3,(H,5,6);2-3,5H,1H3;2*1H2;/p+1. The van der Waals surface area contributed by atoms with Gasteiger partial charge in [-0.3, -0.25) is 4.79 Å². The normalized spacial score (nSPS) is 10.9. The summed E-state index contributed by atoms with van der Waals surface area (Å²) in [5.74, 6) is -1.19. The minimum atomic E-state index is -1.23. The van der Waals surface area contributed by atoms with Gasteiger partial charge in [0.1, 0.15) is 6.10 Å².